The van der Waals surface area contributed by atoms with Crippen LogP contribution in [0.4, 0.5) is 0 Å². The number of benzene rings is 1. The quantitative estimate of drug-likeness (QED) is 0.317. The number of carbonyl (C=O) groups excluding carboxylic acids is 1. The van der Waals surface area contributed by atoms with Gasteiger partial charge in [0.25, 0.3) is 0 Å². The van der Waals surface area contributed by atoms with Gasteiger partial charge in [0.2, 0.25) is 0 Å². The third-order valence-electron chi connectivity index (χ3n) is 1.41. The monoisotopic (exact) mass is 189 g/mol. The Hall–Kier alpha value is -1.53. The molecule has 1 aromatic rings. The molecular weight excluding hydrogens is 182 g/mol. The normalized spacial score (nSPS) is 9.77. The van der Waals surface area contributed by atoms with Crippen LogP contribution in [0, 0.1) is 10.7 Å². The molecule has 0 aliphatic heterocycles. The molecule has 0 bridgehead atoms. The molecule has 3 heteroatoms. The smallest absolute Gasteiger partial charge is 0.142 e. The molecule has 64 valence electrons. The number of carbonyl (C=O) groups is 1. The van der Waals surface area contributed by atoms with Gasteiger partial charge in [0.05, 0.1) is 0 Å². The Morgan fingerprint density at radius 3 is 2.54 bits per heavy atom. The van der Waals surface area contributed by atoms with Crippen molar-refractivity contribution in [2.45, 2.75) is 4.90 Å². The Morgan fingerprint density at radius 2 is 2.00 bits per heavy atom. The van der Waals surface area contributed by atoms with Gasteiger partial charge >= 0.3 is 0 Å². The molecular formula is C10H7NOS. The zero-order chi connectivity index (χ0) is 9.52. The highest BCUT2D eigenvalue weighted by atomic mass is 32.2. The zero-order valence-electron chi connectivity index (χ0n) is 6.81. The Bertz CT molecular complexity index is 348. The molecule has 0 saturated carbocycles. The fourth-order valence-electron chi connectivity index (χ4n) is 0.850. The predicted molar refractivity (Wildman–Crippen MR) is 53.0 cm³/mol. The van der Waals surface area contributed by atoms with Crippen molar-refractivity contribution in [2.75, 3.05) is 0 Å². The largest absolute Gasteiger partial charge is 0.299 e. The van der Waals surface area contributed by atoms with Gasteiger partial charge in [-0.15, -0.1) is 0 Å². The van der Waals surface area contributed by atoms with E-state index in [9.17, 15) is 4.79 Å². The standard InChI is InChI=1S/C10H7NOS/c11-8-13-10-5-3-9(4-6-10)2-1-7-12/h1-7H. The Kier molecular flexibility index (Phi) is 3.80. The lowest BCUT2D eigenvalue weighted by Crippen LogP contribution is -1.72. The minimum absolute atomic E-state index is 0.734. The van der Waals surface area contributed by atoms with E-state index in [1.54, 1.807) is 6.08 Å². The number of thioether (sulfide) groups is 1. The minimum Gasteiger partial charge on any atom is -0.299 e. The van der Waals surface area contributed by atoms with Gasteiger partial charge in [-0.3, -0.25) is 4.79 Å². The van der Waals surface area contributed by atoms with Crippen molar-refractivity contribution < 1.29 is 4.79 Å². The highest BCUT2D eigenvalue weighted by Gasteiger charge is 1.91. The first-order valence-corrected chi connectivity index (χ1v) is 4.46. The van der Waals surface area contributed by atoms with Gasteiger partial charge in [0.15, 0.2) is 0 Å². The number of rotatable bonds is 3. The second-order valence-electron chi connectivity index (χ2n) is 2.26. The molecule has 0 aromatic heterocycles. The predicted octanol–water partition coefficient (Wildman–Crippen LogP) is 2.47. The SMILES string of the molecule is N#CSc1ccc(C=CC=O)cc1. The molecule has 0 fully saturated rings. The fourth-order valence-corrected chi connectivity index (χ4v) is 1.23. The van der Waals surface area contributed by atoms with E-state index in [0.717, 1.165) is 28.5 Å². The van der Waals surface area contributed by atoms with Crippen LogP contribution in [-0.2, 0) is 4.79 Å². The first kappa shape index (κ1) is 9.56. The maximum Gasteiger partial charge on any atom is 0.142 e. The van der Waals surface area contributed by atoms with Crippen LogP contribution in [0.5, 0.6) is 0 Å². The summed E-state index contributed by atoms with van der Waals surface area (Å²) in [5.41, 5.74) is 0.953. The van der Waals surface area contributed by atoms with E-state index < -0.39 is 0 Å². The molecule has 0 heterocycles. The van der Waals surface area contributed by atoms with Crippen LogP contribution in [-0.4, -0.2) is 6.29 Å². The van der Waals surface area contributed by atoms with E-state index >= 15 is 0 Å². The van der Waals surface area contributed by atoms with Crippen LogP contribution in [0.25, 0.3) is 6.08 Å². The lowest BCUT2D eigenvalue weighted by molar-refractivity contribution is -0.104. The number of aldehydes is 1. The van der Waals surface area contributed by atoms with E-state index in [1.165, 1.54) is 6.08 Å². The fraction of sp³-hybridized carbons (Fsp3) is 0. The third kappa shape index (κ3) is 3.14. The summed E-state index contributed by atoms with van der Waals surface area (Å²) < 4.78 is 0. The Morgan fingerprint density at radius 1 is 1.31 bits per heavy atom. The van der Waals surface area contributed by atoms with E-state index in [1.807, 2.05) is 29.7 Å². The van der Waals surface area contributed by atoms with Crippen molar-refractivity contribution in [2.24, 2.45) is 0 Å². The molecule has 0 aliphatic rings. The summed E-state index contributed by atoms with van der Waals surface area (Å²) in [5.74, 6) is 0. The average molecular weight is 189 g/mol. The zero-order valence-corrected chi connectivity index (χ0v) is 7.62. The number of hydrogen-bond acceptors (Lipinski definition) is 3. The number of nitriles is 1. The molecule has 0 unspecified atom stereocenters. The number of nitrogens with zero attached hydrogens (tertiary/aromatic N) is 1. The summed E-state index contributed by atoms with van der Waals surface area (Å²) in [4.78, 5) is 10.9. The minimum atomic E-state index is 0.734. The van der Waals surface area contributed by atoms with Crippen LogP contribution < -0.4 is 0 Å². The molecule has 13 heavy (non-hydrogen) atoms. The van der Waals surface area contributed by atoms with Crippen molar-refractivity contribution in [3.8, 4) is 5.40 Å². The summed E-state index contributed by atoms with van der Waals surface area (Å²) in [6.07, 6.45) is 3.89. The summed E-state index contributed by atoms with van der Waals surface area (Å²) >= 11 is 1.12. The van der Waals surface area contributed by atoms with Crippen molar-refractivity contribution >= 4 is 24.1 Å². The van der Waals surface area contributed by atoms with Gasteiger partial charge in [-0.05, 0) is 35.5 Å². The second kappa shape index (κ2) is 5.18. The molecule has 0 radical (unpaired) electrons. The molecule has 0 amide bonds. The highest BCUT2D eigenvalue weighted by Crippen LogP contribution is 2.16. The van der Waals surface area contributed by atoms with Crippen LogP contribution in [0.2, 0.25) is 0 Å². The number of hydrogen-bond donors (Lipinski definition) is 0. The summed E-state index contributed by atoms with van der Waals surface area (Å²) in [5, 5.41) is 10.4. The van der Waals surface area contributed by atoms with Gasteiger partial charge in [0, 0.05) is 4.90 Å². The van der Waals surface area contributed by atoms with Gasteiger partial charge in [-0.25, -0.2) is 0 Å². The summed E-state index contributed by atoms with van der Waals surface area (Å²) in [6.45, 7) is 0. The Labute approximate surface area is 80.9 Å². The molecule has 1 aromatic carbocycles. The van der Waals surface area contributed by atoms with Crippen LogP contribution >= 0.6 is 11.8 Å². The maximum atomic E-state index is 10.0. The van der Waals surface area contributed by atoms with Gasteiger partial charge < -0.3 is 0 Å². The molecule has 0 aliphatic carbocycles. The number of thiocyanates is 1. The van der Waals surface area contributed by atoms with Gasteiger partial charge in [0.1, 0.15) is 11.7 Å². The molecule has 2 nitrogen and oxygen atoms in total. The van der Waals surface area contributed by atoms with Crippen LogP contribution in [0.1, 0.15) is 5.56 Å². The Balaban J connectivity index is 2.76. The lowest BCUT2D eigenvalue weighted by Gasteiger charge is -1.94. The van der Waals surface area contributed by atoms with Crippen LogP contribution in [0.15, 0.2) is 35.2 Å². The van der Waals surface area contributed by atoms with Crippen molar-refractivity contribution in [1.82, 2.24) is 0 Å². The van der Waals surface area contributed by atoms with Gasteiger partial charge in [-0.2, -0.15) is 5.26 Å². The molecule has 0 atom stereocenters. The van der Waals surface area contributed by atoms with E-state index in [0.29, 0.717) is 0 Å². The van der Waals surface area contributed by atoms with E-state index in [2.05, 4.69) is 0 Å². The maximum absolute atomic E-state index is 10.0. The number of allylic oxidation sites excluding steroid dienone is 1. The first-order chi connectivity index (χ1) is 6.36. The van der Waals surface area contributed by atoms with Gasteiger partial charge in [-0.1, -0.05) is 18.2 Å². The molecule has 0 spiro atoms. The van der Waals surface area contributed by atoms with Crippen molar-refractivity contribution in [3.63, 3.8) is 0 Å². The van der Waals surface area contributed by atoms with E-state index in [-0.39, 0.29) is 0 Å². The summed E-state index contributed by atoms with van der Waals surface area (Å²) in [6, 6.07) is 7.41. The average Bonchev–Trinajstić information content (AvgIpc) is 2.17. The van der Waals surface area contributed by atoms with E-state index in [4.69, 9.17) is 5.26 Å². The van der Waals surface area contributed by atoms with Crippen LogP contribution in [0.3, 0.4) is 0 Å². The molecule has 1 rings (SSSR count). The third-order valence-corrected chi connectivity index (χ3v) is 2.01. The topological polar surface area (TPSA) is 40.9 Å². The molecule has 0 N–H and O–H groups in total. The summed E-state index contributed by atoms with van der Waals surface area (Å²) in [7, 11) is 0. The second-order valence-corrected chi connectivity index (χ2v) is 3.12. The van der Waals surface area contributed by atoms with Crippen molar-refractivity contribution in [3.05, 3.63) is 35.9 Å². The lowest BCUT2D eigenvalue weighted by atomic mass is 10.2. The highest BCUT2D eigenvalue weighted by molar-refractivity contribution is 8.03. The van der Waals surface area contributed by atoms with Crippen molar-refractivity contribution in [1.29, 1.82) is 5.26 Å². The first-order valence-electron chi connectivity index (χ1n) is 3.64. The molecule has 0 saturated heterocycles.